The molecule has 3 nitrogen and oxygen atoms in total. The Kier molecular flexibility index (Phi) is 1.98. The number of amidine groups is 1. The van der Waals surface area contributed by atoms with Crippen molar-refractivity contribution in [2.24, 2.45) is 5.73 Å². The summed E-state index contributed by atoms with van der Waals surface area (Å²) in [5.74, 6) is 0.853. The molecular formula is C8H12N2O. The summed E-state index contributed by atoms with van der Waals surface area (Å²) in [5, 5.41) is 7.17. The van der Waals surface area contributed by atoms with Gasteiger partial charge in [-0.3, -0.25) is 5.41 Å². The molecular weight excluding hydrogens is 140 g/mol. The monoisotopic (exact) mass is 152 g/mol. The van der Waals surface area contributed by atoms with Gasteiger partial charge in [0.1, 0.15) is 0 Å². The average Bonchev–Trinajstić information content (AvgIpc) is 2.32. The molecule has 0 amide bonds. The molecule has 0 fully saturated rings. The van der Waals surface area contributed by atoms with Gasteiger partial charge in [0, 0.05) is 5.56 Å². The second kappa shape index (κ2) is 2.78. The molecule has 0 aromatic carbocycles. The molecule has 3 N–H and O–H groups in total. The van der Waals surface area contributed by atoms with Gasteiger partial charge in [-0.1, -0.05) is 13.8 Å². The summed E-state index contributed by atoms with van der Waals surface area (Å²) in [6.07, 6.45) is 1.56. The minimum atomic E-state index is -0.00120. The molecule has 0 saturated carbocycles. The highest BCUT2D eigenvalue weighted by atomic mass is 16.3. The Morgan fingerprint density at radius 3 is 2.64 bits per heavy atom. The van der Waals surface area contributed by atoms with E-state index in [-0.39, 0.29) is 5.84 Å². The lowest BCUT2D eigenvalue weighted by molar-refractivity contribution is 0.550. The second-order valence-electron chi connectivity index (χ2n) is 2.77. The number of hydrogen-bond acceptors (Lipinski definition) is 2. The van der Waals surface area contributed by atoms with Crippen molar-refractivity contribution in [3.63, 3.8) is 0 Å². The second-order valence-corrected chi connectivity index (χ2v) is 2.77. The zero-order valence-corrected chi connectivity index (χ0v) is 6.72. The fourth-order valence-corrected chi connectivity index (χ4v) is 0.993. The maximum atomic E-state index is 7.17. The van der Waals surface area contributed by atoms with Crippen LogP contribution in [0.3, 0.4) is 0 Å². The summed E-state index contributed by atoms with van der Waals surface area (Å²) < 4.78 is 5.04. The molecule has 0 radical (unpaired) electrons. The fourth-order valence-electron chi connectivity index (χ4n) is 0.993. The molecule has 0 saturated heterocycles. The van der Waals surface area contributed by atoms with E-state index in [9.17, 15) is 0 Å². The van der Waals surface area contributed by atoms with Crippen LogP contribution in [0.4, 0.5) is 0 Å². The summed E-state index contributed by atoms with van der Waals surface area (Å²) >= 11 is 0. The first-order valence-electron chi connectivity index (χ1n) is 3.54. The molecule has 60 valence electrons. The minimum Gasteiger partial charge on any atom is -0.461 e. The van der Waals surface area contributed by atoms with E-state index in [1.165, 1.54) is 0 Å². The van der Waals surface area contributed by atoms with Crippen LogP contribution in [0.1, 0.15) is 31.1 Å². The Hall–Kier alpha value is -1.25. The first kappa shape index (κ1) is 7.85. The van der Waals surface area contributed by atoms with E-state index in [0.29, 0.717) is 11.7 Å². The van der Waals surface area contributed by atoms with Crippen LogP contribution in [0.25, 0.3) is 0 Å². The van der Waals surface area contributed by atoms with Gasteiger partial charge in [-0.2, -0.15) is 0 Å². The molecule has 1 aromatic rings. The number of nitrogens with two attached hydrogens (primary N) is 1. The maximum Gasteiger partial charge on any atom is 0.171 e. The third-order valence-electron chi connectivity index (χ3n) is 1.56. The lowest BCUT2D eigenvalue weighted by atomic mass is 10.0. The Bertz CT molecular complexity index is 263. The Balaban J connectivity index is 3.06. The van der Waals surface area contributed by atoms with E-state index in [4.69, 9.17) is 15.6 Å². The fraction of sp³-hybridized carbons (Fsp3) is 0.375. The zero-order chi connectivity index (χ0) is 8.43. The van der Waals surface area contributed by atoms with Gasteiger partial charge in [0.2, 0.25) is 0 Å². The van der Waals surface area contributed by atoms with E-state index in [2.05, 4.69) is 0 Å². The van der Waals surface area contributed by atoms with Crippen molar-refractivity contribution < 1.29 is 4.42 Å². The smallest absolute Gasteiger partial charge is 0.171 e. The molecule has 1 heterocycles. The van der Waals surface area contributed by atoms with Crippen LogP contribution >= 0.6 is 0 Å². The van der Waals surface area contributed by atoms with Crippen molar-refractivity contribution in [2.75, 3.05) is 0 Å². The number of hydrogen-bond donors (Lipinski definition) is 2. The Morgan fingerprint density at radius 1 is 1.64 bits per heavy atom. The normalized spacial score (nSPS) is 10.5. The van der Waals surface area contributed by atoms with Crippen molar-refractivity contribution in [1.29, 1.82) is 5.41 Å². The molecule has 0 aliphatic rings. The first-order chi connectivity index (χ1) is 5.13. The molecule has 0 atom stereocenters. The van der Waals surface area contributed by atoms with E-state index in [1.54, 1.807) is 6.26 Å². The van der Waals surface area contributed by atoms with Crippen molar-refractivity contribution in [3.8, 4) is 0 Å². The van der Waals surface area contributed by atoms with Gasteiger partial charge in [0.05, 0.1) is 6.26 Å². The molecule has 1 aromatic heterocycles. The lowest BCUT2D eigenvalue weighted by Gasteiger charge is -2.02. The first-order valence-corrected chi connectivity index (χ1v) is 3.54. The van der Waals surface area contributed by atoms with Gasteiger partial charge in [0.25, 0.3) is 0 Å². The summed E-state index contributed by atoms with van der Waals surface area (Å²) in [7, 11) is 0. The highest BCUT2D eigenvalue weighted by Gasteiger charge is 2.11. The van der Waals surface area contributed by atoms with Gasteiger partial charge in [-0.05, 0) is 12.0 Å². The van der Waals surface area contributed by atoms with Crippen molar-refractivity contribution in [3.05, 3.63) is 23.7 Å². The van der Waals surface area contributed by atoms with Crippen LogP contribution in [0.15, 0.2) is 16.7 Å². The number of nitrogens with one attached hydrogen (secondary N) is 1. The van der Waals surface area contributed by atoms with Crippen molar-refractivity contribution in [1.82, 2.24) is 0 Å². The molecule has 0 spiro atoms. The molecule has 0 aliphatic heterocycles. The van der Waals surface area contributed by atoms with Gasteiger partial charge >= 0.3 is 0 Å². The Morgan fingerprint density at radius 2 is 2.27 bits per heavy atom. The summed E-state index contributed by atoms with van der Waals surface area (Å²) in [4.78, 5) is 0. The summed E-state index contributed by atoms with van der Waals surface area (Å²) in [5.41, 5.74) is 6.28. The van der Waals surface area contributed by atoms with Crippen LogP contribution in [-0.4, -0.2) is 5.84 Å². The van der Waals surface area contributed by atoms with Crippen LogP contribution < -0.4 is 5.73 Å². The largest absolute Gasteiger partial charge is 0.461 e. The molecule has 0 unspecified atom stereocenters. The SMILES string of the molecule is CC(C)c1ccoc1C(=N)N. The summed E-state index contributed by atoms with van der Waals surface area (Å²) in [6.45, 7) is 4.08. The maximum absolute atomic E-state index is 7.17. The van der Waals surface area contributed by atoms with E-state index in [1.807, 2.05) is 19.9 Å². The van der Waals surface area contributed by atoms with Crippen LogP contribution in [-0.2, 0) is 0 Å². The quantitative estimate of drug-likeness (QED) is 0.500. The van der Waals surface area contributed by atoms with E-state index in [0.717, 1.165) is 5.56 Å². The standard InChI is InChI=1S/C8H12N2O/c1-5(2)6-3-4-11-7(6)8(9)10/h3-5H,1-2H3,(H3,9,10). The van der Waals surface area contributed by atoms with Gasteiger partial charge < -0.3 is 10.2 Å². The Labute approximate surface area is 65.7 Å². The van der Waals surface area contributed by atoms with E-state index < -0.39 is 0 Å². The topological polar surface area (TPSA) is 63.0 Å². The number of nitrogen functional groups attached to an aromatic ring is 1. The summed E-state index contributed by atoms with van der Waals surface area (Å²) in [6, 6.07) is 1.85. The molecule has 3 heteroatoms. The van der Waals surface area contributed by atoms with E-state index >= 15 is 0 Å². The third kappa shape index (κ3) is 1.42. The van der Waals surface area contributed by atoms with Crippen LogP contribution in [0, 0.1) is 5.41 Å². The van der Waals surface area contributed by atoms with Crippen molar-refractivity contribution >= 4 is 5.84 Å². The average molecular weight is 152 g/mol. The van der Waals surface area contributed by atoms with Gasteiger partial charge in [-0.25, -0.2) is 0 Å². The van der Waals surface area contributed by atoms with Gasteiger partial charge in [-0.15, -0.1) is 0 Å². The van der Waals surface area contributed by atoms with Crippen LogP contribution in [0.2, 0.25) is 0 Å². The predicted octanol–water partition coefficient (Wildman–Crippen LogP) is 1.69. The highest BCUT2D eigenvalue weighted by molar-refractivity contribution is 5.93. The molecule has 0 aliphatic carbocycles. The molecule has 0 bridgehead atoms. The minimum absolute atomic E-state index is 0.00120. The van der Waals surface area contributed by atoms with Crippen molar-refractivity contribution in [2.45, 2.75) is 19.8 Å². The highest BCUT2D eigenvalue weighted by Crippen LogP contribution is 2.19. The zero-order valence-electron chi connectivity index (χ0n) is 6.72. The molecule has 11 heavy (non-hydrogen) atoms. The third-order valence-corrected chi connectivity index (χ3v) is 1.56. The lowest BCUT2D eigenvalue weighted by Crippen LogP contribution is -2.12. The molecule has 1 rings (SSSR count). The predicted molar refractivity (Wildman–Crippen MR) is 43.8 cm³/mol. The van der Waals surface area contributed by atoms with Gasteiger partial charge in [0.15, 0.2) is 11.6 Å². The number of furan rings is 1. The number of rotatable bonds is 2. The van der Waals surface area contributed by atoms with Crippen LogP contribution in [0.5, 0.6) is 0 Å².